The topological polar surface area (TPSA) is 96.3 Å². The van der Waals surface area contributed by atoms with E-state index in [1.807, 2.05) is 0 Å². The number of carboxylic acid groups (broad SMARTS) is 1. The highest BCUT2D eigenvalue weighted by molar-refractivity contribution is 6.30. The van der Waals surface area contributed by atoms with Crippen molar-refractivity contribution in [3.63, 3.8) is 0 Å². The van der Waals surface area contributed by atoms with Crippen molar-refractivity contribution < 1.29 is 14.7 Å². The van der Waals surface area contributed by atoms with E-state index in [9.17, 15) is 9.59 Å². The molecule has 3 heterocycles. The van der Waals surface area contributed by atoms with Gasteiger partial charge in [-0.1, -0.05) is 11.6 Å². The molecule has 7 nitrogen and oxygen atoms in total. The van der Waals surface area contributed by atoms with Gasteiger partial charge >= 0.3 is 5.97 Å². The SMILES string of the molecule is O=C(O)CC1c2nccnc2C(=O)N1c1ccc(Cl)cn1. The summed E-state index contributed by atoms with van der Waals surface area (Å²) in [6.07, 6.45) is 3.95. The number of carbonyl (C=O) groups excluding carboxylic acids is 1. The molecule has 2 aromatic heterocycles. The Kier molecular flexibility index (Phi) is 3.26. The standard InChI is InChI=1S/C13H9ClN4O3/c14-7-1-2-9(17-6-7)18-8(5-10(19)20)11-12(13(18)21)16-4-3-15-11/h1-4,6,8H,5H2,(H,19,20). The Hall–Kier alpha value is -2.54. The first-order valence-corrected chi connectivity index (χ1v) is 6.43. The third kappa shape index (κ3) is 2.31. The summed E-state index contributed by atoms with van der Waals surface area (Å²) in [5.74, 6) is -1.14. The Morgan fingerprint density at radius 1 is 1.29 bits per heavy atom. The van der Waals surface area contributed by atoms with Crippen LogP contribution in [0.15, 0.2) is 30.7 Å². The van der Waals surface area contributed by atoms with E-state index < -0.39 is 17.9 Å². The Morgan fingerprint density at radius 3 is 2.71 bits per heavy atom. The van der Waals surface area contributed by atoms with E-state index in [4.69, 9.17) is 16.7 Å². The number of fused-ring (bicyclic) bond motifs is 1. The largest absolute Gasteiger partial charge is 0.481 e. The fourth-order valence-corrected chi connectivity index (χ4v) is 2.37. The van der Waals surface area contributed by atoms with Crippen LogP contribution in [0.1, 0.15) is 28.6 Å². The van der Waals surface area contributed by atoms with Crippen molar-refractivity contribution >= 4 is 29.3 Å². The van der Waals surface area contributed by atoms with Gasteiger partial charge in [-0.2, -0.15) is 0 Å². The zero-order chi connectivity index (χ0) is 15.0. The van der Waals surface area contributed by atoms with Crippen molar-refractivity contribution in [1.29, 1.82) is 0 Å². The average Bonchev–Trinajstić information content (AvgIpc) is 2.73. The lowest BCUT2D eigenvalue weighted by atomic mass is 10.1. The molecule has 1 aliphatic heterocycles. The average molecular weight is 305 g/mol. The number of anilines is 1. The number of aromatic nitrogens is 3. The van der Waals surface area contributed by atoms with Gasteiger partial charge in [0.2, 0.25) is 0 Å². The minimum Gasteiger partial charge on any atom is -0.481 e. The van der Waals surface area contributed by atoms with E-state index in [2.05, 4.69) is 15.0 Å². The predicted molar refractivity (Wildman–Crippen MR) is 73.1 cm³/mol. The second-order valence-electron chi connectivity index (χ2n) is 4.41. The minimum absolute atomic E-state index is 0.153. The normalized spacial score (nSPS) is 16.9. The maximum Gasteiger partial charge on any atom is 0.305 e. The van der Waals surface area contributed by atoms with E-state index in [0.29, 0.717) is 16.5 Å². The van der Waals surface area contributed by atoms with Gasteiger partial charge in [0.1, 0.15) is 5.82 Å². The second-order valence-corrected chi connectivity index (χ2v) is 4.85. The molecule has 21 heavy (non-hydrogen) atoms. The molecule has 1 aliphatic rings. The third-order valence-corrected chi connectivity index (χ3v) is 3.33. The molecule has 1 N–H and O–H groups in total. The van der Waals surface area contributed by atoms with E-state index in [0.717, 1.165) is 0 Å². The number of carbonyl (C=O) groups is 2. The summed E-state index contributed by atoms with van der Waals surface area (Å²) in [5, 5.41) is 9.49. The molecular weight excluding hydrogens is 296 g/mol. The molecule has 1 unspecified atom stereocenters. The summed E-state index contributed by atoms with van der Waals surface area (Å²) >= 11 is 5.78. The number of aliphatic carboxylic acids is 1. The molecule has 0 saturated carbocycles. The number of rotatable bonds is 3. The Labute approximate surface area is 124 Å². The highest BCUT2D eigenvalue weighted by Gasteiger charge is 2.41. The van der Waals surface area contributed by atoms with Crippen LogP contribution in [0.3, 0.4) is 0 Å². The predicted octanol–water partition coefficient (Wildman–Crippen LogP) is 1.70. The van der Waals surface area contributed by atoms with Gasteiger partial charge in [-0.3, -0.25) is 19.5 Å². The molecule has 8 heteroatoms. The molecule has 1 amide bonds. The Balaban J connectivity index is 2.08. The maximum atomic E-state index is 12.4. The highest BCUT2D eigenvalue weighted by atomic mass is 35.5. The van der Waals surface area contributed by atoms with Gasteiger partial charge in [-0.25, -0.2) is 9.97 Å². The van der Waals surface area contributed by atoms with E-state index >= 15 is 0 Å². The second kappa shape index (κ2) is 5.10. The van der Waals surface area contributed by atoms with Crippen LogP contribution in [-0.2, 0) is 4.79 Å². The third-order valence-electron chi connectivity index (χ3n) is 3.10. The van der Waals surface area contributed by atoms with Crippen molar-refractivity contribution in [2.45, 2.75) is 12.5 Å². The van der Waals surface area contributed by atoms with Crippen LogP contribution in [-0.4, -0.2) is 31.9 Å². The first-order chi connectivity index (χ1) is 10.1. The number of halogens is 1. The monoisotopic (exact) mass is 304 g/mol. The van der Waals surface area contributed by atoms with Crippen LogP contribution >= 0.6 is 11.6 Å². The summed E-state index contributed by atoms with van der Waals surface area (Å²) in [6, 6.07) is 2.41. The van der Waals surface area contributed by atoms with Crippen LogP contribution in [0.4, 0.5) is 5.82 Å². The Morgan fingerprint density at radius 2 is 2.05 bits per heavy atom. The van der Waals surface area contributed by atoms with E-state index in [1.54, 1.807) is 12.1 Å². The summed E-state index contributed by atoms with van der Waals surface area (Å²) in [7, 11) is 0. The summed E-state index contributed by atoms with van der Waals surface area (Å²) < 4.78 is 0. The summed E-state index contributed by atoms with van der Waals surface area (Å²) in [4.78, 5) is 37.0. The van der Waals surface area contributed by atoms with Crippen LogP contribution in [0, 0.1) is 0 Å². The maximum absolute atomic E-state index is 12.4. The van der Waals surface area contributed by atoms with Gasteiger partial charge in [0.05, 0.1) is 23.2 Å². The minimum atomic E-state index is -1.04. The molecule has 0 radical (unpaired) electrons. The van der Waals surface area contributed by atoms with E-state index in [-0.39, 0.29) is 12.1 Å². The molecule has 0 saturated heterocycles. The van der Waals surface area contributed by atoms with Crippen LogP contribution in [0.5, 0.6) is 0 Å². The number of hydrogen-bond acceptors (Lipinski definition) is 5. The lowest BCUT2D eigenvalue weighted by molar-refractivity contribution is -0.137. The first-order valence-electron chi connectivity index (χ1n) is 6.05. The van der Waals surface area contributed by atoms with Gasteiger partial charge in [-0.15, -0.1) is 0 Å². The zero-order valence-corrected chi connectivity index (χ0v) is 11.4. The molecule has 1 atom stereocenters. The number of nitrogens with zero attached hydrogens (tertiary/aromatic N) is 4. The number of hydrogen-bond donors (Lipinski definition) is 1. The molecule has 0 fully saturated rings. The molecule has 0 aliphatic carbocycles. The van der Waals surface area contributed by atoms with Gasteiger partial charge in [0.15, 0.2) is 5.69 Å². The van der Waals surface area contributed by atoms with Crippen molar-refractivity contribution in [1.82, 2.24) is 15.0 Å². The lowest BCUT2D eigenvalue weighted by Crippen LogP contribution is -2.30. The van der Waals surface area contributed by atoms with Crippen LogP contribution < -0.4 is 4.90 Å². The fraction of sp³-hybridized carbons (Fsp3) is 0.154. The zero-order valence-electron chi connectivity index (χ0n) is 10.6. The van der Waals surface area contributed by atoms with Crippen molar-refractivity contribution in [2.24, 2.45) is 0 Å². The van der Waals surface area contributed by atoms with Crippen molar-refractivity contribution in [2.75, 3.05) is 4.90 Å². The van der Waals surface area contributed by atoms with E-state index in [1.165, 1.54) is 23.5 Å². The van der Waals surface area contributed by atoms with Gasteiger partial charge in [-0.05, 0) is 12.1 Å². The quantitative estimate of drug-likeness (QED) is 0.927. The van der Waals surface area contributed by atoms with Gasteiger partial charge in [0, 0.05) is 18.6 Å². The molecule has 0 bridgehead atoms. The number of amides is 1. The van der Waals surface area contributed by atoms with Crippen LogP contribution in [0.25, 0.3) is 0 Å². The summed E-state index contributed by atoms with van der Waals surface area (Å²) in [6.45, 7) is 0. The van der Waals surface area contributed by atoms with Crippen molar-refractivity contribution in [3.8, 4) is 0 Å². The lowest BCUT2D eigenvalue weighted by Gasteiger charge is -2.22. The number of pyridine rings is 1. The molecule has 2 aromatic rings. The van der Waals surface area contributed by atoms with Gasteiger partial charge in [0.25, 0.3) is 5.91 Å². The molecule has 0 aromatic carbocycles. The highest BCUT2D eigenvalue weighted by Crippen LogP contribution is 2.36. The molecular formula is C13H9ClN4O3. The fourth-order valence-electron chi connectivity index (χ4n) is 2.26. The number of carboxylic acids is 1. The molecule has 3 rings (SSSR count). The van der Waals surface area contributed by atoms with Crippen molar-refractivity contribution in [3.05, 3.63) is 47.1 Å². The van der Waals surface area contributed by atoms with Crippen LogP contribution in [0.2, 0.25) is 5.02 Å². The molecule has 0 spiro atoms. The first kappa shape index (κ1) is 13.4. The van der Waals surface area contributed by atoms with Gasteiger partial charge < -0.3 is 5.11 Å². The molecule has 106 valence electrons. The smallest absolute Gasteiger partial charge is 0.305 e. The summed E-state index contributed by atoms with van der Waals surface area (Å²) in [5.41, 5.74) is 0.502. The Bertz CT molecular complexity index is 720.